The Bertz CT molecular complexity index is 737. The van der Waals surface area contributed by atoms with Crippen LogP contribution in [0.25, 0.3) is 0 Å². The molecule has 0 atom stereocenters. The third-order valence-corrected chi connectivity index (χ3v) is 4.12. The van der Waals surface area contributed by atoms with E-state index in [0.29, 0.717) is 23.5 Å². The van der Waals surface area contributed by atoms with E-state index in [-0.39, 0.29) is 5.82 Å². The number of pyridine rings is 1. The number of hydrogen-bond acceptors (Lipinski definition) is 3. The van der Waals surface area contributed by atoms with Gasteiger partial charge in [-0.25, -0.2) is 9.37 Å². The van der Waals surface area contributed by atoms with Gasteiger partial charge in [0.1, 0.15) is 17.7 Å². The summed E-state index contributed by atoms with van der Waals surface area (Å²) >= 11 is 3.33. The molecule has 106 valence electrons. The second kappa shape index (κ2) is 5.82. The van der Waals surface area contributed by atoms with Crippen LogP contribution in [0.3, 0.4) is 0 Å². The van der Waals surface area contributed by atoms with Crippen LogP contribution in [0.2, 0.25) is 0 Å². The van der Waals surface area contributed by atoms with Crippen molar-refractivity contribution in [2.75, 3.05) is 5.32 Å². The Morgan fingerprint density at radius 1 is 1.33 bits per heavy atom. The van der Waals surface area contributed by atoms with E-state index in [1.54, 1.807) is 12.1 Å². The van der Waals surface area contributed by atoms with Crippen LogP contribution in [0, 0.1) is 17.1 Å². The van der Waals surface area contributed by atoms with E-state index in [2.05, 4.69) is 32.3 Å². The van der Waals surface area contributed by atoms with E-state index in [1.807, 2.05) is 6.07 Å². The Kier molecular flexibility index (Phi) is 3.89. The van der Waals surface area contributed by atoms with Gasteiger partial charge in [0, 0.05) is 22.3 Å². The summed E-state index contributed by atoms with van der Waals surface area (Å²) in [4.78, 5) is 4.52. The Balaban J connectivity index is 1.85. The third kappa shape index (κ3) is 2.91. The van der Waals surface area contributed by atoms with Gasteiger partial charge in [-0.3, -0.25) is 0 Å². The normalized spacial score (nSPS) is 12.8. The Morgan fingerprint density at radius 2 is 2.19 bits per heavy atom. The van der Waals surface area contributed by atoms with E-state index in [1.165, 1.54) is 6.07 Å². The first-order valence-electron chi connectivity index (χ1n) is 6.78. The molecule has 21 heavy (non-hydrogen) atoms. The molecule has 0 unspecified atom stereocenters. The number of hydrogen-bond donors (Lipinski definition) is 1. The first-order chi connectivity index (χ1) is 10.2. The van der Waals surface area contributed by atoms with Crippen molar-refractivity contribution in [2.24, 2.45) is 0 Å². The predicted octanol–water partition coefficient (Wildman–Crippen LogP) is 3.96. The van der Waals surface area contributed by atoms with Crippen molar-refractivity contribution >= 4 is 21.7 Å². The van der Waals surface area contributed by atoms with Crippen molar-refractivity contribution in [3.05, 3.63) is 56.9 Å². The molecule has 0 spiro atoms. The smallest absolute Gasteiger partial charge is 0.144 e. The quantitative estimate of drug-likeness (QED) is 0.915. The van der Waals surface area contributed by atoms with Crippen LogP contribution in [0.5, 0.6) is 0 Å². The zero-order valence-electron chi connectivity index (χ0n) is 11.3. The lowest BCUT2D eigenvalue weighted by molar-refractivity contribution is 0.612. The number of nitriles is 1. The van der Waals surface area contributed by atoms with Crippen molar-refractivity contribution < 1.29 is 4.39 Å². The number of benzene rings is 1. The summed E-state index contributed by atoms with van der Waals surface area (Å²) in [5.74, 6) is 0.267. The van der Waals surface area contributed by atoms with Gasteiger partial charge in [0.15, 0.2) is 0 Å². The number of aryl methyl sites for hydroxylation is 2. The molecule has 0 saturated carbocycles. The molecule has 0 amide bonds. The number of aromatic nitrogens is 1. The monoisotopic (exact) mass is 345 g/mol. The van der Waals surface area contributed by atoms with Crippen LogP contribution in [-0.4, -0.2) is 4.98 Å². The molecule has 0 aliphatic heterocycles. The van der Waals surface area contributed by atoms with Gasteiger partial charge in [-0.15, -0.1) is 0 Å². The summed E-state index contributed by atoms with van der Waals surface area (Å²) in [5, 5.41) is 12.3. The zero-order chi connectivity index (χ0) is 14.8. The molecule has 0 radical (unpaired) electrons. The number of nitrogens with one attached hydrogen (secondary N) is 1. The van der Waals surface area contributed by atoms with Gasteiger partial charge in [-0.05, 0) is 49.1 Å². The van der Waals surface area contributed by atoms with E-state index in [9.17, 15) is 9.65 Å². The number of fused-ring (bicyclic) bond motifs is 1. The fourth-order valence-corrected chi connectivity index (χ4v) is 2.96. The molecule has 1 aliphatic rings. The molecule has 1 aromatic carbocycles. The molecule has 1 aliphatic carbocycles. The second-order valence-corrected chi connectivity index (χ2v) is 5.96. The predicted molar refractivity (Wildman–Crippen MR) is 82.4 cm³/mol. The lowest BCUT2D eigenvalue weighted by atomic mass is 10.1. The molecular formula is C16H13BrFN3. The van der Waals surface area contributed by atoms with Crippen molar-refractivity contribution in [1.29, 1.82) is 5.26 Å². The van der Waals surface area contributed by atoms with Crippen molar-refractivity contribution in [3.63, 3.8) is 0 Å². The average molecular weight is 346 g/mol. The summed E-state index contributed by atoms with van der Waals surface area (Å²) in [6.45, 7) is 0.297. The fraction of sp³-hybridized carbons (Fsp3) is 0.250. The van der Waals surface area contributed by atoms with Gasteiger partial charge < -0.3 is 5.32 Å². The standard InChI is InChI=1S/C16H13BrFN3/c17-13-4-5-14(18)12(7-13)9-20-16-11(8-19)6-10-2-1-3-15(10)21-16/h4-7H,1-3,9H2,(H,20,21). The molecule has 0 saturated heterocycles. The zero-order valence-corrected chi connectivity index (χ0v) is 12.9. The van der Waals surface area contributed by atoms with Crippen LogP contribution < -0.4 is 5.32 Å². The Labute approximate surface area is 131 Å². The van der Waals surface area contributed by atoms with E-state index in [0.717, 1.165) is 35.0 Å². The molecule has 2 aromatic rings. The molecular weight excluding hydrogens is 333 g/mol. The van der Waals surface area contributed by atoms with Crippen LogP contribution in [0.1, 0.15) is 28.8 Å². The molecule has 1 heterocycles. The summed E-state index contributed by atoms with van der Waals surface area (Å²) in [7, 11) is 0. The van der Waals surface area contributed by atoms with Crippen LogP contribution in [0.15, 0.2) is 28.7 Å². The van der Waals surface area contributed by atoms with Crippen molar-refractivity contribution in [2.45, 2.75) is 25.8 Å². The minimum atomic E-state index is -0.273. The SMILES string of the molecule is N#Cc1cc2c(nc1NCc1cc(Br)ccc1F)CCC2. The van der Waals surface area contributed by atoms with Crippen molar-refractivity contribution in [1.82, 2.24) is 4.98 Å². The van der Waals surface area contributed by atoms with Gasteiger partial charge in [-0.1, -0.05) is 15.9 Å². The highest BCUT2D eigenvalue weighted by Crippen LogP contribution is 2.25. The minimum absolute atomic E-state index is 0.273. The molecule has 0 fully saturated rings. The van der Waals surface area contributed by atoms with Gasteiger partial charge >= 0.3 is 0 Å². The van der Waals surface area contributed by atoms with E-state index < -0.39 is 0 Å². The minimum Gasteiger partial charge on any atom is -0.365 e. The first-order valence-corrected chi connectivity index (χ1v) is 7.57. The molecule has 1 aromatic heterocycles. The number of rotatable bonds is 3. The average Bonchev–Trinajstić information content (AvgIpc) is 2.94. The number of nitrogens with zero attached hydrogens (tertiary/aromatic N) is 2. The van der Waals surface area contributed by atoms with Gasteiger partial charge in [-0.2, -0.15) is 5.26 Å². The third-order valence-electron chi connectivity index (χ3n) is 3.63. The molecule has 0 bridgehead atoms. The highest BCUT2D eigenvalue weighted by Gasteiger charge is 2.16. The highest BCUT2D eigenvalue weighted by molar-refractivity contribution is 9.10. The first kappa shape index (κ1) is 14.0. The maximum absolute atomic E-state index is 13.7. The van der Waals surface area contributed by atoms with E-state index >= 15 is 0 Å². The van der Waals surface area contributed by atoms with Gasteiger partial charge in [0.2, 0.25) is 0 Å². The lowest BCUT2D eigenvalue weighted by Gasteiger charge is -2.10. The topological polar surface area (TPSA) is 48.7 Å². The molecule has 5 heteroatoms. The van der Waals surface area contributed by atoms with Crippen molar-refractivity contribution in [3.8, 4) is 6.07 Å². The second-order valence-electron chi connectivity index (χ2n) is 5.04. The van der Waals surface area contributed by atoms with Crippen LogP contribution >= 0.6 is 15.9 Å². The maximum atomic E-state index is 13.7. The van der Waals surface area contributed by atoms with Crippen LogP contribution in [0.4, 0.5) is 10.2 Å². The highest BCUT2D eigenvalue weighted by atomic mass is 79.9. The molecule has 1 N–H and O–H groups in total. The number of anilines is 1. The lowest BCUT2D eigenvalue weighted by Crippen LogP contribution is -2.07. The van der Waals surface area contributed by atoms with Gasteiger partial charge in [0.25, 0.3) is 0 Å². The largest absolute Gasteiger partial charge is 0.365 e. The summed E-state index contributed by atoms with van der Waals surface area (Å²) in [6, 6.07) is 8.86. The van der Waals surface area contributed by atoms with E-state index in [4.69, 9.17) is 0 Å². The summed E-state index contributed by atoms with van der Waals surface area (Å²) < 4.78 is 14.6. The van der Waals surface area contributed by atoms with Gasteiger partial charge in [0.05, 0.1) is 5.56 Å². The molecule has 3 rings (SSSR count). The Hall–Kier alpha value is -1.93. The summed E-state index contributed by atoms with van der Waals surface area (Å²) in [5.41, 5.74) is 3.26. The maximum Gasteiger partial charge on any atom is 0.144 e. The fourth-order valence-electron chi connectivity index (χ4n) is 2.55. The number of halogens is 2. The molecule has 3 nitrogen and oxygen atoms in total. The Morgan fingerprint density at radius 3 is 3.00 bits per heavy atom. The van der Waals surface area contributed by atoms with Crippen LogP contribution in [-0.2, 0) is 19.4 Å². The summed E-state index contributed by atoms with van der Waals surface area (Å²) in [6.07, 6.45) is 3.01.